The van der Waals surface area contributed by atoms with Gasteiger partial charge in [-0.05, 0) is 169 Å². The molecule has 0 aliphatic rings. The topological polar surface area (TPSA) is 22.3 Å². The highest BCUT2D eigenvalue weighted by atomic mass is 15.1. The molecule has 0 spiro atoms. The molecule has 0 radical (unpaired) electrons. The van der Waals surface area contributed by atoms with Crippen molar-refractivity contribution in [3.8, 4) is 22.3 Å². The van der Waals surface area contributed by atoms with Crippen molar-refractivity contribution in [3.63, 3.8) is 0 Å². The van der Waals surface area contributed by atoms with Crippen LogP contribution in [0.1, 0.15) is 22.3 Å². The summed E-state index contributed by atoms with van der Waals surface area (Å²) in [5.41, 5.74) is 19.1. The van der Waals surface area contributed by atoms with E-state index in [-0.39, 0.29) is 0 Å². The predicted molar refractivity (Wildman–Crippen MR) is 235 cm³/mol. The van der Waals surface area contributed by atoms with Crippen LogP contribution in [0.2, 0.25) is 0 Å². The van der Waals surface area contributed by atoms with Gasteiger partial charge in [0.15, 0.2) is 0 Å². The number of rotatable bonds is 8. The second kappa shape index (κ2) is 14.2. The van der Waals surface area contributed by atoms with E-state index in [1.165, 1.54) is 66.7 Å². The van der Waals surface area contributed by atoms with E-state index in [2.05, 4.69) is 224 Å². The molecular formula is C52H43N3. The highest BCUT2D eigenvalue weighted by Crippen LogP contribution is 2.42. The number of aromatic amines is 1. The molecule has 55 heavy (non-hydrogen) atoms. The van der Waals surface area contributed by atoms with Crippen molar-refractivity contribution in [2.75, 3.05) is 9.80 Å². The smallest absolute Gasteiger partial charge is 0.0493 e. The molecule has 0 bridgehead atoms. The third kappa shape index (κ3) is 6.34. The number of para-hydroxylation sites is 4. The molecule has 3 heteroatoms. The normalized spacial score (nSPS) is 11.3. The second-order valence-electron chi connectivity index (χ2n) is 14.6. The molecular weight excluding hydrogens is 667 g/mol. The Balaban J connectivity index is 1.10. The molecule has 1 aromatic heterocycles. The Morgan fingerprint density at radius 3 is 0.982 bits per heavy atom. The van der Waals surface area contributed by atoms with Gasteiger partial charge in [0.2, 0.25) is 0 Å². The molecule has 0 aliphatic carbocycles. The molecule has 1 heterocycles. The summed E-state index contributed by atoms with van der Waals surface area (Å²) in [5, 5.41) is 2.46. The number of nitrogens with one attached hydrogen (secondary N) is 1. The van der Waals surface area contributed by atoms with Crippen molar-refractivity contribution in [1.29, 1.82) is 0 Å². The SMILES string of the molecule is Cc1cc(N(c2ccccc2)c2ccccc2)c(C)cc1-c1ccc2[nH]c3ccc(-c4cc(C)c(N(c5ccccc5)c5ccccc5)cc4C)cc3c2c1. The summed E-state index contributed by atoms with van der Waals surface area (Å²) >= 11 is 0. The van der Waals surface area contributed by atoms with Gasteiger partial charge in [-0.15, -0.1) is 0 Å². The lowest BCUT2D eigenvalue weighted by Crippen LogP contribution is -2.11. The maximum Gasteiger partial charge on any atom is 0.0493 e. The first-order chi connectivity index (χ1) is 26.9. The van der Waals surface area contributed by atoms with Gasteiger partial charge in [-0.2, -0.15) is 0 Å². The molecule has 9 rings (SSSR count). The summed E-state index contributed by atoms with van der Waals surface area (Å²) in [4.78, 5) is 8.40. The summed E-state index contributed by atoms with van der Waals surface area (Å²) < 4.78 is 0. The Morgan fingerprint density at radius 2 is 0.655 bits per heavy atom. The molecule has 0 saturated heterocycles. The Labute approximate surface area is 323 Å². The van der Waals surface area contributed by atoms with Gasteiger partial charge in [-0.25, -0.2) is 0 Å². The number of benzene rings is 8. The average molecular weight is 710 g/mol. The maximum absolute atomic E-state index is 3.69. The molecule has 0 aliphatic heterocycles. The first-order valence-electron chi connectivity index (χ1n) is 19.0. The fourth-order valence-corrected chi connectivity index (χ4v) is 8.10. The van der Waals surface area contributed by atoms with Crippen molar-refractivity contribution in [2.45, 2.75) is 27.7 Å². The van der Waals surface area contributed by atoms with Crippen molar-refractivity contribution in [3.05, 3.63) is 204 Å². The zero-order chi connectivity index (χ0) is 37.5. The van der Waals surface area contributed by atoms with Crippen LogP contribution in [0.15, 0.2) is 182 Å². The molecule has 0 unspecified atom stereocenters. The number of aryl methyl sites for hydroxylation is 4. The second-order valence-corrected chi connectivity index (χ2v) is 14.6. The van der Waals surface area contributed by atoms with Crippen LogP contribution in [0, 0.1) is 27.7 Å². The number of nitrogens with zero attached hydrogens (tertiary/aromatic N) is 2. The van der Waals surface area contributed by atoms with E-state index >= 15 is 0 Å². The summed E-state index contributed by atoms with van der Waals surface area (Å²) in [6.45, 7) is 8.91. The third-order valence-electron chi connectivity index (χ3n) is 10.8. The Hall–Kier alpha value is -6.84. The van der Waals surface area contributed by atoms with Gasteiger partial charge in [0.1, 0.15) is 0 Å². The van der Waals surface area contributed by atoms with Crippen LogP contribution in [0.5, 0.6) is 0 Å². The van der Waals surface area contributed by atoms with Crippen LogP contribution in [-0.2, 0) is 0 Å². The lowest BCUT2D eigenvalue weighted by atomic mass is 9.94. The van der Waals surface area contributed by atoms with Crippen molar-refractivity contribution >= 4 is 55.9 Å². The van der Waals surface area contributed by atoms with Crippen molar-refractivity contribution < 1.29 is 0 Å². The number of hydrogen-bond acceptors (Lipinski definition) is 2. The first kappa shape index (κ1) is 34.0. The van der Waals surface area contributed by atoms with Gasteiger partial charge < -0.3 is 14.8 Å². The van der Waals surface area contributed by atoms with Crippen LogP contribution in [0.25, 0.3) is 44.1 Å². The largest absolute Gasteiger partial charge is 0.355 e. The van der Waals surface area contributed by atoms with Gasteiger partial charge in [0, 0.05) is 55.9 Å². The summed E-state index contributed by atoms with van der Waals surface area (Å²) in [5.74, 6) is 0. The van der Waals surface area contributed by atoms with Gasteiger partial charge in [-0.1, -0.05) is 84.9 Å². The highest BCUT2D eigenvalue weighted by Gasteiger charge is 2.19. The summed E-state index contributed by atoms with van der Waals surface area (Å²) in [7, 11) is 0. The number of fused-ring (bicyclic) bond motifs is 3. The maximum atomic E-state index is 3.69. The predicted octanol–water partition coefficient (Wildman–Crippen LogP) is 14.8. The minimum Gasteiger partial charge on any atom is -0.355 e. The monoisotopic (exact) mass is 709 g/mol. The van der Waals surface area contributed by atoms with Crippen LogP contribution in [-0.4, -0.2) is 4.98 Å². The molecule has 1 N–H and O–H groups in total. The lowest BCUT2D eigenvalue weighted by molar-refractivity contribution is 1.24. The molecule has 8 aromatic carbocycles. The minimum absolute atomic E-state index is 1.14. The third-order valence-corrected chi connectivity index (χ3v) is 10.8. The van der Waals surface area contributed by atoms with Crippen molar-refractivity contribution in [1.82, 2.24) is 4.98 Å². The molecule has 9 aromatic rings. The Morgan fingerprint density at radius 1 is 0.327 bits per heavy atom. The van der Waals surface area contributed by atoms with E-state index in [1.54, 1.807) is 0 Å². The van der Waals surface area contributed by atoms with Gasteiger partial charge in [0.05, 0.1) is 0 Å². The molecule has 0 fully saturated rings. The lowest BCUT2D eigenvalue weighted by Gasteiger charge is -2.28. The van der Waals surface area contributed by atoms with Gasteiger partial charge in [-0.3, -0.25) is 0 Å². The molecule has 3 nitrogen and oxygen atoms in total. The van der Waals surface area contributed by atoms with Crippen LogP contribution < -0.4 is 9.80 Å². The number of H-pyrrole nitrogens is 1. The summed E-state index contributed by atoms with van der Waals surface area (Å²) in [6, 6.07) is 65.6. The van der Waals surface area contributed by atoms with E-state index in [1.807, 2.05) is 0 Å². The van der Waals surface area contributed by atoms with E-state index in [0.717, 1.165) is 33.8 Å². The van der Waals surface area contributed by atoms with E-state index in [0.29, 0.717) is 0 Å². The number of aromatic nitrogens is 1. The number of hydrogen-bond donors (Lipinski definition) is 1. The quantitative estimate of drug-likeness (QED) is 0.170. The van der Waals surface area contributed by atoms with Gasteiger partial charge >= 0.3 is 0 Å². The molecule has 0 amide bonds. The number of anilines is 6. The molecule has 0 atom stereocenters. The zero-order valence-electron chi connectivity index (χ0n) is 31.7. The average Bonchev–Trinajstić information content (AvgIpc) is 3.59. The molecule has 0 saturated carbocycles. The van der Waals surface area contributed by atoms with E-state index in [9.17, 15) is 0 Å². The van der Waals surface area contributed by atoms with Crippen LogP contribution >= 0.6 is 0 Å². The fourth-order valence-electron chi connectivity index (χ4n) is 8.10. The zero-order valence-corrected chi connectivity index (χ0v) is 31.7. The Bertz CT molecular complexity index is 2510. The van der Waals surface area contributed by atoms with Crippen LogP contribution in [0.3, 0.4) is 0 Å². The van der Waals surface area contributed by atoms with E-state index < -0.39 is 0 Å². The Kier molecular flexibility index (Phi) is 8.76. The summed E-state index contributed by atoms with van der Waals surface area (Å²) in [6.07, 6.45) is 0. The standard InChI is InChI=1S/C52H43N3/c1-35-31-51(54(41-17-9-5-10-18-41)42-19-11-6-12-20-42)37(3)29-45(35)39-25-27-49-47(33-39)48-34-40(26-28-50(48)53-49)46-30-38(4)52(32-36(46)2)55(43-21-13-7-14-22-43)44-23-15-8-16-24-44/h5-34,53H,1-4H3. The minimum atomic E-state index is 1.14. The van der Waals surface area contributed by atoms with E-state index in [4.69, 9.17) is 0 Å². The molecule has 266 valence electrons. The van der Waals surface area contributed by atoms with Crippen molar-refractivity contribution in [2.24, 2.45) is 0 Å². The van der Waals surface area contributed by atoms with Gasteiger partial charge in [0.25, 0.3) is 0 Å². The van der Waals surface area contributed by atoms with Crippen LogP contribution in [0.4, 0.5) is 34.1 Å². The first-order valence-corrected chi connectivity index (χ1v) is 19.0. The highest BCUT2D eigenvalue weighted by molar-refractivity contribution is 6.10. The fraction of sp³-hybridized carbons (Fsp3) is 0.0769.